The number of fused-ring (bicyclic) bond motifs is 1. The summed E-state index contributed by atoms with van der Waals surface area (Å²) in [5.74, 6) is -0.486. The van der Waals surface area contributed by atoms with Crippen molar-refractivity contribution in [3.8, 4) is 11.1 Å². The Kier molecular flexibility index (Phi) is 8.04. The number of hydrogen-bond donors (Lipinski definition) is 2. The van der Waals surface area contributed by atoms with Gasteiger partial charge in [0.25, 0.3) is 0 Å². The van der Waals surface area contributed by atoms with Gasteiger partial charge in [-0.3, -0.25) is 9.78 Å². The SMILES string of the molecule is CCN.CCc1ccc(-c2cc(C(C)=O)cc(C(O)c3cccc4ncccc34)c2)c(F)c1. The smallest absolute Gasteiger partial charge is 0.159 e. The van der Waals surface area contributed by atoms with Crippen molar-refractivity contribution < 1.29 is 14.3 Å². The van der Waals surface area contributed by atoms with Gasteiger partial charge in [0.15, 0.2) is 5.78 Å². The number of carbonyl (C=O) groups is 1. The zero-order valence-corrected chi connectivity index (χ0v) is 19.2. The largest absolute Gasteiger partial charge is 0.384 e. The third-order valence-corrected chi connectivity index (χ3v) is 5.40. The van der Waals surface area contributed by atoms with E-state index in [2.05, 4.69) is 4.98 Å². The minimum absolute atomic E-state index is 0.143. The highest BCUT2D eigenvalue weighted by Gasteiger charge is 2.18. The number of benzene rings is 3. The second-order valence-corrected chi connectivity index (χ2v) is 7.80. The van der Waals surface area contributed by atoms with Crippen molar-refractivity contribution in [1.29, 1.82) is 0 Å². The molecule has 0 saturated heterocycles. The number of aliphatic hydroxyl groups excluding tert-OH is 1. The molecule has 3 N–H and O–H groups in total. The molecule has 0 spiro atoms. The number of ketones is 1. The second kappa shape index (κ2) is 10.9. The van der Waals surface area contributed by atoms with E-state index in [0.717, 1.165) is 29.4 Å². The molecule has 3 aromatic carbocycles. The van der Waals surface area contributed by atoms with E-state index in [1.54, 1.807) is 30.5 Å². The van der Waals surface area contributed by atoms with Gasteiger partial charge in [0.1, 0.15) is 11.9 Å². The molecule has 0 aliphatic carbocycles. The summed E-state index contributed by atoms with van der Waals surface area (Å²) < 4.78 is 14.8. The molecule has 0 aliphatic heterocycles. The molecule has 0 saturated carbocycles. The second-order valence-electron chi connectivity index (χ2n) is 7.80. The van der Waals surface area contributed by atoms with Crippen LogP contribution in [0.5, 0.6) is 0 Å². The number of nitrogens with zero attached hydrogens (tertiary/aromatic N) is 1. The monoisotopic (exact) mass is 444 g/mol. The number of aromatic nitrogens is 1. The van der Waals surface area contributed by atoms with E-state index in [-0.39, 0.29) is 11.6 Å². The Labute approximate surface area is 193 Å². The normalized spacial score (nSPS) is 11.6. The minimum Gasteiger partial charge on any atom is -0.384 e. The summed E-state index contributed by atoms with van der Waals surface area (Å²) in [6.45, 7) is 6.09. The van der Waals surface area contributed by atoms with Crippen molar-refractivity contribution >= 4 is 16.7 Å². The maximum absolute atomic E-state index is 14.8. The molecule has 1 aromatic heterocycles. The number of Topliss-reactive ketones (excluding diaryl/α,β-unsaturated/α-hetero) is 1. The predicted octanol–water partition coefficient (Wildman–Crippen LogP) is 5.85. The van der Waals surface area contributed by atoms with Gasteiger partial charge < -0.3 is 10.8 Å². The fourth-order valence-electron chi connectivity index (χ4n) is 3.73. The van der Waals surface area contributed by atoms with E-state index in [4.69, 9.17) is 5.73 Å². The van der Waals surface area contributed by atoms with Crippen LogP contribution in [0.3, 0.4) is 0 Å². The van der Waals surface area contributed by atoms with Gasteiger partial charge in [-0.15, -0.1) is 0 Å². The van der Waals surface area contributed by atoms with Crippen LogP contribution in [-0.2, 0) is 6.42 Å². The van der Waals surface area contributed by atoms with Crippen LogP contribution in [0, 0.1) is 5.82 Å². The van der Waals surface area contributed by atoms with Crippen LogP contribution in [0.25, 0.3) is 22.0 Å². The Hall–Kier alpha value is -3.41. The summed E-state index contributed by atoms with van der Waals surface area (Å²) in [5.41, 5.74) is 9.15. The van der Waals surface area contributed by atoms with Crippen LogP contribution < -0.4 is 5.73 Å². The molecule has 0 aliphatic rings. The fraction of sp³-hybridized carbons (Fsp3) is 0.214. The van der Waals surface area contributed by atoms with Crippen molar-refractivity contribution in [3.05, 3.63) is 101 Å². The summed E-state index contributed by atoms with van der Waals surface area (Å²) in [6.07, 6.45) is 1.47. The number of rotatable bonds is 5. The Morgan fingerprint density at radius 1 is 1.06 bits per heavy atom. The van der Waals surface area contributed by atoms with Gasteiger partial charge >= 0.3 is 0 Å². The van der Waals surface area contributed by atoms with Gasteiger partial charge in [-0.1, -0.05) is 44.2 Å². The van der Waals surface area contributed by atoms with Crippen molar-refractivity contribution in [2.45, 2.75) is 33.3 Å². The van der Waals surface area contributed by atoms with E-state index in [1.165, 1.54) is 13.0 Å². The quantitative estimate of drug-likeness (QED) is 0.379. The molecule has 170 valence electrons. The number of nitrogens with two attached hydrogens (primary N) is 1. The molecule has 0 fully saturated rings. The van der Waals surface area contributed by atoms with Crippen LogP contribution in [-0.4, -0.2) is 22.4 Å². The van der Waals surface area contributed by atoms with Gasteiger partial charge in [0, 0.05) is 22.7 Å². The standard InChI is InChI=1S/C26H22FNO2.C2H7N/c1-3-17-9-10-21(24(27)12-17)19-13-18(16(2)29)14-20(15-19)26(30)23-6-4-8-25-22(23)7-5-11-28-25;1-2-3/h4-15,26,30H,3H2,1-2H3;2-3H2,1H3. The van der Waals surface area contributed by atoms with Crippen LogP contribution in [0.4, 0.5) is 4.39 Å². The first-order valence-corrected chi connectivity index (χ1v) is 11.1. The number of aryl methyl sites for hydroxylation is 1. The Morgan fingerprint density at radius 3 is 2.48 bits per heavy atom. The highest BCUT2D eigenvalue weighted by atomic mass is 19.1. The van der Waals surface area contributed by atoms with Crippen LogP contribution in [0.2, 0.25) is 0 Å². The lowest BCUT2D eigenvalue weighted by Crippen LogP contribution is -2.04. The average Bonchev–Trinajstić information content (AvgIpc) is 2.83. The lowest BCUT2D eigenvalue weighted by Gasteiger charge is -2.17. The predicted molar refractivity (Wildman–Crippen MR) is 132 cm³/mol. The van der Waals surface area contributed by atoms with Gasteiger partial charge in [-0.25, -0.2) is 4.39 Å². The third-order valence-electron chi connectivity index (χ3n) is 5.40. The van der Waals surface area contributed by atoms with Gasteiger partial charge in [0.05, 0.1) is 5.52 Å². The lowest BCUT2D eigenvalue weighted by atomic mass is 9.91. The van der Waals surface area contributed by atoms with E-state index < -0.39 is 6.10 Å². The fourth-order valence-corrected chi connectivity index (χ4v) is 3.73. The Bertz CT molecular complexity index is 1260. The lowest BCUT2D eigenvalue weighted by molar-refractivity contribution is 0.101. The van der Waals surface area contributed by atoms with Crippen LogP contribution in [0.1, 0.15) is 53.9 Å². The molecular weight excluding hydrogens is 415 g/mol. The number of aliphatic hydroxyl groups is 1. The topological polar surface area (TPSA) is 76.2 Å². The average molecular weight is 445 g/mol. The van der Waals surface area contributed by atoms with Gasteiger partial charge in [-0.2, -0.15) is 0 Å². The van der Waals surface area contributed by atoms with E-state index in [1.807, 2.05) is 50.2 Å². The molecule has 4 nitrogen and oxygen atoms in total. The summed E-state index contributed by atoms with van der Waals surface area (Å²) in [5, 5.41) is 12.0. The van der Waals surface area contributed by atoms with E-state index in [9.17, 15) is 14.3 Å². The first-order valence-electron chi connectivity index (χ1n) is 11.1. The summed E-state index contributed by atoms with van der Waals surface area (Å²) >= 11 is 0. The zero-order valence-electron chi connectivity index (χ0n) is 19.2. The molecule has 0 amide bonds. The minimum atomic E-state index is -0.978. The van der Waals surface area contributed by atoms with Crippen molar-refractivity contribution in [2.75, 3.05) is 6.54 Å². The maximum atomic E-state index is 14.8. The molecule has 4 aromatic rings. The molecule has 0 bridgehead atoms. The van der Waals surface area contributed by atoms with Crippen LogP contribution >= 0.6 is 0 Å². The number of halogens is 1. The summed E-state index contributed by atoms with van der Waals surface area (Å²) in [7, 11) is 0. The van der Waals surface area contributed by atoms with Crippen molar-refractivity contribution in [1.82, 2.24) is 4.98 Å². The van der Waals surface area contributed by atoms with E-state index in [0.29, 0.717) is 27.8 Å². The first-order chi connectivity index (χ1) is 15.9. The maximum Gasteiger partial charge on any atom is 0.159 e. The number of pyridine rings is 1. The first kappa shape index (κ1) is 24.2. The summed E-state index contributed by atoms with van der Waals surface area (Å²) in [6, 6.07) is 19.5. The molecule has 0 radical (unpaired) electrons. The van der Waals surface area contributed by atoms with Gasteiger partial charge in [-0.05, 0) is 78.5 Å². The molecule has 1 heterocycles. The molecule has 4 rings (SSSR count). The number of hydrogen-bond acceptors (Lipinski definition) is 4. The molecular formula is C28H29FN2O2. The van der Waals surface area contributed by atoms with Crippen molar-refractivity contribution in [2.24, 2.45) is 5.73 Å². The van der Waals surface area contributed by atoms with E-state index >= 15 is 0 Å². The highest BCUT2D eigenvalue weighted by molar-refractivity contribution is 5.95. The Morgan fingerprint density at radius 2 is 1.82 bits per heavy atom. The molecule has 1 unspecified atom stereocenters. The third kappa shape index (κ3) is 5.51. The zero-order chi connectivity index (χ0) is 24.0. The molecule has 1 atom stereocenters. The van der Waals surface area contributed by atoms with Gasteiger partial charge in [0.2, 0.25) is 0 Å². The number of carbonyl (C=O) groups excluding carboxylic acids is 1. The summed E-state index contributed by atoms with van der Waals surface area (Å²) in [4.78, 5) is 16.5. The van der Waals surface area contributed by atoms with Crippen LogP contribution in [0.15, 0.2) is 72.9 Å². The molecule has 33 heavy (non-hydrogen) atoms. The Balaban J connectivity index is 0.000000968. The highest BCUT2D eigenvalue weighted by Crippen LogP contribution is 2.33. The molecule has 5 heteroatoms. The van der Waals surface area contributed by atoms with Crippen molar-refractivity contribution in [3.63, 3.8) is 0 Å².